The van der Waals surface area contributed by atoms with E-state index < -0.39 is 0 Å². The van der Waals surface area contributed by atoms with Gasteiger partial charge in [0.25, 0.3) is 0 Å². The first-order valence-corrected chi connectivity index (χ1v) is 6.93. The van der Waals surface area contributed by atoms with Crippen molar-refractivity contribution in [1.29, 1.82) is 0 Å². The highest BCUT2D eigenvalue weighted by molar-refractivity contribution is 5.45. The Morgan fingerprint density at radius 2 is 1.95 bits per heavy atom. The minimum absolute atomic E-state index is 0.0774. The molecule has 1 heterocycles. The zero-order chi connectivity index (χ0) is 14.0. The lowest BCUT2D eigenvalue weighted by atomic mass is 9.82. The zero-order valence-electron chi connectivity index (χ0n) is 12.4. The van der Waals surface area contributed by atoms with E-state index in [1.165, 1.54) is 11.1 Å². The highest BCUT2D eigenvalue weighted by atomic mass is 16.5. The summed E-state index contributed by atoms with van der Waals surface area (Å²) in [5, 5.41) is 10.1. The van der Waals surface area contributed by atoms with Crippen LogP contribution in [0.3, 0.4) is 0 Å². The van der Waals surface area contributed by atoms with Gasteiger partial charge in [-0.05, 0) is 29.5 Å². The van der Waals surface area contributed by atoms with Crippen molar-refractivity contribution in [3.05, 3.63) is 28.8 Å². The first kappa shape index (κ1) is 14.4. The van der Waals surface area contributed by atoms with Gasteiger partial charge in [-0.2, -0.15) is 0 Å². The average Bonchev–Trinajstić information content (AvgIpc) is 2.34. The second-order valence-electron chi connectivity index (χ2n) is 6.29. The van der Waals surface area contributed by atoms with Crippen molar-refractivity contribution in [1.82, 2.24) is 4.90 Å². The van der Waals surface area contributed by atoms with Crippen molar-refractivity contribution in [2.24, 2.45) is 0 Å². The van der Waals surface area contributed by atoms with Crippen LogP contribution in [0.25, 0.3) is 0 Å². The normalized spacial score (nSPS) is 17.7. The quantitative estimate of drug-likeness (QED) is 0.889. The van der Waals surface area contributed by atoms with Crippen LogP contribution in [-0.4, -0.2) is 36.3 Å². The van der Waals surface area contributed by atoms with E-state index in [4.69, 9.17) is 4.74 Å². The third kappa shape index (κ3) is 3.28. The van der Waals surface area contributed by atoms with Gasteiger partial charge in [-0.3, -0.25) is 4.90 Å². The molecule has 0 unspecified atom stereocenters. The molecule has 1 radical (unpaired) electrons. The summed E-state index contributed by atoms with van der Waals surface area (Å²) in [6.07, 6.45) is 0. The van der Waals surface area contributed by atoms with Crippen LogP contribution in [0.2, 0.25) is 0 Å². The van der Waals surface area contributed by atoms with E-state index in [2.05, 4.69) is 38.7 Å². The van der Waals surface area contributed by atoms with E-state index in [0.29, 0.717) is 0 Å². The molecule has 0 spiro atoms. The van der Waals surface area contributed by atoms with Gasteiger partial charge in [-0.15, -0.1) is 0 Å². The van der Waals surface area contributed by atoms with E-state index in [0.717, 1.165) is 38.4 Å². The largest absolute Gasteiger partial charge is 0.507 e. The molecule has 3 heteroatoms. The Hall–Kier alpha value is -1.06. The van der Waals surface area contributed by atoms with Crippen molar-refractivity contribution in [3.8, 4) is 5.75 Å². The number of hydrogen-bond donors (Lipinski definition) is 1. The van der Waals surface area contributed by atoms with Crippen LogP contribution in [0.1, 0.15) is 37.5 Å². The Bertz CT molecular complexity index is 443. The van der Waals surface area contributed by atoms with Crippen molar-refractivity contribution < 1.29 is 9.84 Å². The van der Waals surface area contributed by atoms with Crippen molar-refractivity contribution >= 4 is 0 Å². The number of ether oxygens (including phenoxy) is 1. The third-order valence-corrected chi connectivity index (χ3v) is 3.79. The fraction of sp³-hybridized carbons (Fsp3) is 0.625. The maximum atomic E-state index is 10.1. The second-order valence-corrected chi connectivity index (χ2v) is 6.29. The molecule has 0 amide bonds. The molecule has 19 heavy (non-hydrogen) atoms. The SMILES string of the molecule is Cc1c(C(C)(C)C)c[c]c(O)c1CN1CCOCC1. The fourth-order valence-electron chi connectivity index (χ4n) is 2.63. The number of aromatic hydroxyl groups is 1. The van der Waals surface area contributed by atoms with Gasteiger partial charge in [0.15, 0.2) is 0 Å². The lowest BCUT2D eigenvalue weighted by Crippen LogP contribution is -2.36. The Kier molecular flexibility index (Phi) is 4.16. The molecule has 0 bridgehead atoms. The lowest BCUT2D eigenvalue weighted by molar-refractivity contribution is 0.0338. The minimum atomic E-state index is 0.0774. The van der Waals surface area contributed by atoms with Gasteiger partial charge in [0.1, 0.15) is 5.75 Å². The summed E-state index contributed by atoms with van der Waals surface area (Å²) in [7, 11) is 0. The maximum Gasteiger partial charge on any atom is 0.128 e. The molecule has 0 saturated carbocycles. The first-order chi connectivity index (χ1) is 8.89. The summed E-state index contributed by atoms with van der Waals surface area (Å²) >= 11 is 0. The Labute approximate surface area is 116 Å². The molecule has 3 nitrogen and oxygen atoms in total. The molecule has 1 aliphatic rings. The number of benzene rings is 1. The van der Waals surface area contributed by atoms with Crippen molar-refractivity contribution in [2.45, 2.75) is 39.7 Å². The van der Waals surface area contributed by atoms with Crippen molar-refractivity contribution in [3.63, 3.8) is 0 Å². The summed E-state index contributed by atoms with van der Waals surface area (Å²) in [5.74, 6) is 0.289. The van der Waals surface area contributed by atoms with Crippen LogP contribution >= 0.6 is 0 Å². The highest BCUT2D eigenvalue weighted by Crippen LogP contribution is 2.32. The molecule has 1 aromatic carbocycles. The molecular formula is C16H24NO2. The number of phenolic OH excluding ortho intramolecular Hbond substituents is 1. The molecule has 1 fully saturated rings. The molecule has 1 saturated heterocycles. The number of phenols is 1. The molecule has 1 aliphatic heterocycles. The summed E-state index contributed by atoms with van der Waals surface area (Å²) in [5.41, 5.74) is 3.53. The van der Waals surface area contributed by atoms with Crippen LogP contribution in [-0.2, 0) is 16.7 Å². The molecular weight excluding hydrogens is 238 g/mol. The van der Waals surface area contributed by atoms with Gasteiger partial charge in [-0.1, -0.05) is 20.8 Å². The Balaban J connectivity index is 2.28. The van der Waals surface area contributed by atoms with E-state index in [1.54, 1.807) is 0 Å². The van der Waals surface area contributed by atoms with Crippen LogP contribution in [0.4, 0.5) is 0 Å². The first-order valence-electron chi connectivity index (χ1n) is 6.93. The number of rotatable bonds is 2. The van der Waals surface area contributed by atoms with Crippen molar-refractivity contribution in [2.75, 3.05) is 26.3 Å². The summed E-state index contributed by atoms with van der Waals surface area (Å²) in [4.78, 5) is 2.33. The predicted octanol–water partition coefficient (Wildman–Crippen LogP) is 2.63. The molecule has 0 atom stereocenters. The smallest absolute Gasteiger partial charge is 0.128 e. The number of hydrogen-bond acceptors (Lipinski definition) is 3. The highest BCUT2D eigenvalue weighted by Gasteiger charge is 2.21. The second kappa shape index (κ2) is 5.51. The van der Waals surface area contributed by atoms with Gasteiger partial charge in [0.2, 0.25) is 0 Å². The van der Waals surface area contributed by atoms with E-state index >= 15 is 0 Å². The van der Waals surface area contributed by atoms with Crippen LogP contribution in [0, 0.1) is 13.0 Å². The summed E-state index contributed by atoms with van der Waals surface area (Å²) in [6, 6.07) is 4.93. The molecule has 0 aliphatic carbocycles. The average molecular weight is 262 g/mol. The standard InChI is InChI=1S/C16H24NO2/c1-12-13(11-17-7-9-19-10-8-17)15(18)6-5-14(12)16(2,3)4/h5,18H,7-11H2,1-4H3. The molecule has 0 aromatic heterocycles. The minimum Gasteiger partial charge on any atom is -0.507 e. The number of nitrogens with zero attached hydrogens (tertiary/aromatic N) is 1. The van der Waals surface area contributed by atoms with E-state index in [1.807, 2.05) is 6.07 Å². The summed E-state index contributed by atoms with van der Waals surface area (Å²) < 4.78 is 5.36. The molecule has 2 rings (SSSR count). The molecule has 1 N–H and O–H groups in total. The zero-order valence-corrected chi connectivity index (χ0v) is 12.4. The summed E-state index contributed by atoms with van der Waals surface area (Å²) in [6.45, 7) is 12.9. The lowest BCUT2D eigenvalue weighted by Gasteiger charge is -2.29. The fourth-order valence-corrected chi connectivity index (χ4v) is 2.63. The topological polar surface area (TPSA) is 32.7 Å². The van der Waals surface area contributed by atoms with E-state index in [-0.39, 0.29) is 11.2 Å². The van der Waals surface area contributed by atoms with Crippen LogP contribution < -0.4 is 0 Å². The van der Waals surface area contributed by atoms with Gasteiger partial charge in [0, 0.05) is 31.3 Å². The molecule has 1 aromatic rings. The third-order valence-electron chi connectivity index (χ3n) is 3.79. The van der Waals surface area contributed by atoms with Gasteiger partial charge >= 0.3 is 0 Å². The maximum absolute atomic E-state index is 10.1. The monoisotopic (exact) mass is 262 g/mol. The van der Waals surface area contributed by atoms with Crippen LogP contribution in [0.15, 0.2) is 6.07 Å². The van der Waals surface area contributed by atoms with Crippen LogP contribution in [0.5, 0.6) is 5.75 Å². The Morgan fingerprint density at radius 1 is 1.32 bits per heavy atom. The Morgan fingerprint density at radius 3 is 2.53 bits per heavy atom. The molecule has 105 valence electrons. The number of morpholine rings is 1. The predicted molar refractivity (Wildman–Crippen MR) is 76.5 cm³/mol. The van der Waals surface area contributed by atoms with Gasteiger partial charge in [-0.25, -0.2) is 0 Å². The van der Waals surface area contributed by atoms with E-state index in [9.17, 15) is 5.11 Å². The van der Waals surface area contributed by atoms with Gasteiger partial charge < -0.3 is 9.84 Å². The van der Waals surface area contributed by atoms with Gasteiger partial charge in [0.05, 0.1) is 13.2 Å².